The van der Waals surface area contributed by atoms with Crippen molar-refractivity contribution in [1.82, 2.24) is 5.32 Å². The van der Waals surface area contributed by atoms with Crippen LogP contribution < -0.4 is 5.32 Å². The molecular formula is C16H17BrN2O2. The maximum absolute atomic E-state index is 10.8. The summed E-state index contributed by atoms with van der Waals surface area (Å²) in [5.41, 5.74) is -0.0522. The second-order valence-electron chi connectivity index (χ2n) is 4.87. The Balaban J connectivity index is 1.98. The third-order valence-electron chi connectivity index (χ3n) is 3.45. The molecule has 2 aromatic rings. The molecule has 0 fully saturated rings. The summed E-state index contributed by atoms with van der Waals surface area (Å²) in [6, 6.07) is 13.0. The van der Waals surface area contributed by atoms with E-state index in [0.717, 1.165) is 10.0 Å². The zero-order chi connectivity index (χ0) is 15.3. The highest BCUT2D eigenvalue weighted by atomic mass is 79.9. The molecule has 2 rings (SSSR count). The first-order valence-electron chi connectivity index (χ1n) is 6.75. The van der Waals surface area contributed by atoms with Crippen molar-refractivity contribution in [3.05, 3.63) is 58.0 Å². The van der Waals surface area contributed by atoms with Crippen LogP contribution >= 0.6 is 15.9 Å². The molecule has 0 aliphatic rings. The van der Waals surface area contributed by atoms with Gasteiger partial charge in [0.15, 0.2) is 0 Å². The molecule has 0 amide bonds. The number of benzene rings is 1. The average Bonchev–Trinajstić information content (AvgIpc) is 2.95. The summed E-state index contributed by atoms with van der Waals surface area (Å²) in [6.07, 6.45) is 0.600. The van der Waals surface area contributed by atoms with Gasteiger partial charge in [0, 0.05) is 11.0 Å². The van der Waals surface area contributed by atoms with Crippen molar-refractivity contribution in [2.24, 2.45) is 0 Å². The molecule has 0 bridgehead atoms. The van der Waals surface area contributed by atoms with Crippen LogP contribution in [0.15, 0.2) is 45.3 Å². The molecule has 0 saturated carbocycles. The summed E-state index contributed by atoms with van der Waals surface area (Å²) >= 11 is 3.39. The van der Waals surface area contributed by atoms with Crippen molar-refractivity contribution in [2.45, 2.75) is 25.5 Å². The van der Waals surface area contributed by atoms with Gasteiger partial charge in [-0.25, -0.2) is 0 Å². The van der Waals surface area contributed by atoms with Gasteiger partial charge in [-0.3, -0.25) is 0 Å². The Kier molecular flexibility index (Phi) is 5.18. The van der Waals surface area contributed by atoms with Crippen molar-refractivity contribution in [2.75, 3.05) is 6.54 Å². The number of hydrogen-bond donors (Lipinski definition) is 2. The Bertz CT molecular complexity index is 630. The second-order valence-corrected chi connectivity index (χ2v) is 5.79. The molecule has 21 heavy (non-hydrogen) atoms. The predicted octanol–water partition coefficient (Wildman–Crippen LogP) is 3.30. The van der Waals surface area contributed by atoms with Gasteiger partial charge < -0.3 is 14.8 Å². The maximum Gasteiger partial charge on any atom is 0.203 e. The largest absolute Gasteiger partial charge is 0.449 e. The molecule has 0 aliphatic carbocycles. The number of hydrogen-bond acceptors (Lipinski definition) is 4. The van der Waals surface area contributed by atoms with Crippen LogP contribution in [0.3, 0.4) is 0 Å². The quantitative estimate of drug-likeness (QED) is 0.840. The van der Waals surface area contributed by atoms with Crippen LogP contribution in [-0.2, 0) is 12.1 Å². The molecule has 4 nitrogen and oxygen atoms in total. The van der Waals surface area contributed by atoms with Crippen molar-refractivity contribution < 1.29 is 9.52 Å². The lowest BCUT2D eigenvalue weighted by atomic mass is 9.91. The first-order chi connectivity index (χ1) is 10.1. The van der Waals surface area contributed by atoms with E-state index in [0.29, 0.717) is 31.0 Å². The highest BCUT2D eigenvalue weighted by Gasteiger charge is 2.26. The summed E-state index contributed by atoms with van der Waals surface area (Å²) in [5.74, 6) is 0.978. The zero-order valence-electron chi connectivity index (χ0n) is 11.8. The van der Waals surface area contributed by atoms with E-state index >= 15 is 0 Å². The van der Waals surface area contributed by atoms with Crippen LogP contribution in [0, 0.1) is 11.3 Å². The number of halogens is 1. The molecule has 1 unspecified atom stereocenters. The molecule has 1 atom stereocenters. The van der Waals surface area contributed by atoms with Gasteiger partial charge >= 0.3 is 0 Å². The number of rotatable bonds is 6. The molecule has 110 valence electrons. The average molecular weight is 349 g/mol. The van der Waals surface area contributed by atoms with Gasteiger partial charge in [-0.1, -0.05) is 35.0 Å². The van der Waals surface area contributed by atoms with Crippen molar-refractivity contribution in [1.29, 1.82) is 5.26 Å². The van der Waals surface area contributed by atoms with Gasteiger partial charge in [-0.05, 0) is 36.2 Å². The minimum Gasteiger partial charge on any atom is -0.449 e. The third-order valence-corrected chi connectivity index (χ3v) is 3.98. The highest BCUT2D eigenvalue weighted by molar-refractivity contribution is 9.10. The van der Waals surface area contributed by atoms with Crippen molar-refractivity contribution in [3.63, 3.8) is 0 Å². The molecule has 1 aromatic carbocycles. The number of aliphatic hydroxyl groups is 1. The number of nitrogens with one attached hydrogen (secondary N) is 1. The topological polar surface area (TPSA) is 69.2 Å². The van der Waals surface area contributed by atoms with E-state index in [1.54, 1.807) is 12.1 Å². The fourth-order valence-electron chi connectivity index (χ4n) is 2.12. The van der Waals surface area contributed by atoms with Crippen LogP contribution in [0.25, 0.3) is 0 Å². The summed E-state index contributed by atoms with van der Waals surface area (Å²) in [5, 5.41) is 22.6. The third kappa shape index (κ3) is 3.94. The first-order valence-corrected chi connectivity index (χ1v) is 7.54. The smallest absolute Gasteiger partial charge is 0.203 e. The minimum atomic E-state index is -0.925. The van der Waals surface area contributed by atoms with E-state index in [-0.39, 0.29) is 0 Å². The van der Waals surface area contributed by atoms with Gasteiger partial charge in [0.2, 0.25) is 5.76 Å². The van der Waals surface area contributed by atoms with E-state index in [1.807, 2.05) is 37.3 Å². The first kappa shape index (κ1) is 15.8. The molecule has 5 heteroatoms. The molecule has 1 aromatic heterocycles. The summed E-state index contributed by atoms with van der Waals surface area (Å²) in [6.45, 7) is 2.83. The molecule has 0 saturated heterocycles. The van der Waals surface area contributed by atoms with Gasteiger partial charge in [0.1, 0.15) is 17.4 Å². The summed E-state index contributed by atoms with van der Waals surface area (Å²) in [4.78, 5) is 0. The van der Waals surface area contributed by atoms with Crippen LogP contribution in [0.2, 0.25) is 0 Å². The van der Waals surface area contributed by atoms with Crippen molar-refractivity contribution in [3.8, 4) is 6.07 Å². The van der Waals surface area contributed by atoms with Gasteiger partial charge in [-0.2, -0.15) is 5.26 Å². The van der Waals surface area contributed by atoms with E-state index in [2.05, 4.69) is 21.2 Å². The zero-order valence-corrected chi connectivity index (χ0v) is 13.4. The molecule has 1 heterocycles. The predicted molar refractivity (Wildman–Crippen MR) is 83.5 cm³/mol. The Morgan fingerprint density at radius 1 is 1.29 bits per heavy atom. The SMILES string of the molecule is CCC(O)(CNCc1ccc(C#N)o1)c1ccc(Br)cc1. The maximum atomic E-state index is 10.8. The normalized spacial score (nSPS) is 13.6. The lowest BCUT2D eigenvalue weighted by Crippen LogP contribution is -2.37. The van der Waals surface area contributed by atoms with Gasteiger partial charge in [0.05, 0.1) is 6.54 Å². The van der Waals surface area contributed by atoms with E-state index in [1.165, 1.54) is 0 Å². The van der Waals surface area contributed by atoms with Crippen LogP contribution in [0.1, 0.15) is 30.4 Å². The van der Waals surface area contributed by atoms with E-state index in [9.17, 15) is 5.11 Å². The monoisotopic (exact) mass is 348 g/mol. The van der Waals surface area contributed by atoms with Crippen LogP contribution in [-0.4, -0.2) is 11.7 Å². The molecule has 2 N–H and O–H groups in total. The Hall–Kier alpha value is -1.61. The fraction of sp³-hybridized carbons (Fsp3) is 0.312. The van der Waals surface area contributed by atoms with E-state index < -0.39 is 5.60 Å². The Morgan fingerprint density at radius 2 is 2.00 bits per heavy atom. The number of nitrogens with zero attached hydrogens (tertiary/aromatic N) is 1. The standard InChI is InChI=1S/C16H17BrN2O2/c1-2-16(20,12-3-5-13(17)6-4-12)11-19-10-15-8-7-14(9-18)21-15/h3-8,19-20H,2,10-11H2,1H3. The van der Waals surface area contributed by atoms with Gasteiger partial charge in [-0.15, -0.1) is 0 Å². The molecule has 0 radical (unpaired) electrons. The Morgan fingerprint density at radius 3 is 2.57 bits per heavy atom. The van der Waals surface area contributed by atoms with Crippen molar-refractivity contribution >= 4 is 15.9 Å². The minimum absolute atomic E-state index is 0.297. The van der Waals surface area contributed by atoms with Crippen LogP contribution in [0.4, 0.5) is 0 Å². The summed E-state index contributed by atoms with van der Waals surface area (Å²) < 4.78 is 6.27. The van der Waals surface area contributed by atoms with Crippen LogP contribution in [0.5, 0.6) is 0 Å². The lowest BCUT2D eigenvalue weighted by Gasteiger charge is -2.27. The van der Waals surface area contributed by atoms with E-state index in [4.69, 9.17) is 9.68 Å². The number of furan rings is 1. The molecular weight excluding hydrogens is 332 g/mol. The van der Waals surface area contributed by atoms with Gasteiger partial charge in [0.25, 0.3) is 0 Å². The Labute approximate surface area is 132 Å². The molecule has 0 spiro atoms. The summed E-state index contributed by atoms with van der Waals surface area (Å²) in [7, 11) is 0. The number of nitriles is 1. The second kappa shape index (κ2) is 6.90. The molecule has 0 aliphatic heterocycles. The lowest BCUT2D eigenvalue weighted by molar-refractivity contribution is 0.0319. The fourth-order valence-corrected chi connectivity index (χ4v) is 2.38. The highest BCUT2D eigenvalue weighted by Crippen LogP contribution is 2.25.